The van der Waals surface area contributed by atoms with Crippen LogP contribution in [-0.4, -0.2) is 12.6 Å². The van der Waals surface area contributed by atoms with E-state index in [0.717, 1.165) is 17.0 Å². The standard InChI is InChI=1S/C16H11NO3/c18-16-11-3-1-2-4-12(11)17-13(16)7-10-5-6-14-15(8-10)20-9-19-14/h1-8,17H,9H2/b13-7-. The number of anilines is 1. The van der Waals surface area contributed by atoms with Gasteiger partial charge in [0.15, 0.2) is 11.5 Å². The lowest BCUT2D eigenvalue weighted by molar-refractivity contribution is 0.104. The number of Topliss-reactive ketones (excluding diaryl/α,β-unsaturated/α-hetero) is 1. The maximum Gasteiger partial charge on any atom is 0.231 e. The van der Waals surface area contributed by atoms with Crippen LogP contribution in [-0.2, 0) is 0 Å². The molecule has 2 heterocycles. The summed E-state index contributed by atoms with van der Waals surface area (Å²) in [5.74, 6) is 1.46. The monoisotopic (exact) mass is 265 g/mol. The number of ether oxygens (including phenoxy) is 2. The molecule has 0 spiro atoms. The van der Waals surface area contributed by atoms with Crippen molar-refractivity contribution in [3.8, 4) is 11.5 Å². The third-order valence-corrected chi connectivity index (χ3v) is 3.39. The van der Waals surface area contributed by atoms with Crippen LogP contribution in [0.4, 0.5) is 5.69 Å². The molecule has 0 unspecified atom stereocenters. The second-order valence-electron chi connectivity index (χ2n) is 4.67. The summed E-state index contributed by atoms with van der Waals surface area (Å²) in [5.41, 5.74) is 3.03. The van der Waals surface area contributed by atoms with Crippen molar-refractivity contribution in [2.24, 2.45) is 0 Å². The molecule has 2 aromatic rings. The molecule has 0 aliphatic carbocycles. The van der Waals surface area contributed by atoms with E-state index in [1.54, 1.807) is 0 Å². The molecule has 0 radical (unpaired) electrons. The van der Waals surface area contributed by atoms with Crippen LogP contribution in [0.3, 0.4) is 0 Å². The Morgan fingerprint density at radius 2 is 1.90 bits per heavy atom. The van der Waals surface area contributed by atoms with Gasteiger partial charge in [-0.1, -0.05) is 18.2 Å². The predicted molar refractivity (Wildman–Crippen MR) is 74.9 cm³/mol. The van der Waals surface area contributed by atoms with Crippen LogP contribution in [0.25, 0.3) is 6.08 Å². The predicted octanol–water partition coefficient (Wildman–Crippen LogP) is 3.06. The molecule has 2 aliphatic heterocycles. The minimum atomic E-state index is 0.0123. The Balaban J connectivity index is 1.71. The fourth-order valence-corrected chi connectivity index (χ4v) is 2.41. The Morgan fingerprint density at radius 1 is 1.05 bits per heavy atom. The molecular formula is C16H11NO3. The third-order valence-electron chi connectivity index (χ3n) is 3.39. The van der Waals surface area contributed by atoms with Crippen molar-refractivity contribution in [2.75, 3.05) is 12.1 Å². The van der Waals surface area contributed by atoms with E-state index in [1.165, 1.54) is 0 Å². The Hall–Kier alpha value is -2.75. The molecular weight excluding hydrogens is 254 g/mol. The van der Waals surface area contributed by atoms with E-state index < -0.39 is 0 Å². The number of carbonyl (C=O) groups is 1. The summed E-state index contributed by atoms with van der Waals surface area (Å²) in [7, 11) is 0. The molecule has 4 rings (SSSR count). The van der Waals surface area contributed by atoms with Crippen molar-refractivity contribution in [2.45, 2.75) is 0 Å². The first kappa shape index (κ1) is 11.1. The SMILES string of the molecule is O=C1/C(=C/c2ccc3c(c2)OCO3)Nc2ccccc21. The quantitative estimate of drug-likeness (QED) is 0.805. The Morgan fingerprint density at radius 3 is 2.80 bits per heavy atom. The van der Waals surface area contributed by atoms with E-state index in [4.69, 9.17) is 9.47 Å². The molecule has 0 saturated heterocycles. The maximum atomic E-state index is 12.2. The Bertz CT molecular complexity index is 749. The summed E-state index contributed by atoms with van der Waals surface area (Å²) in [4.78, 5) is 12.2. The van der Waals surface area contributed by atoms with Gasteiger partial charge in [0, 0.05) is 11.3 Å². The molecule has 0 bridgehead atoms. The highest BCUT2D eigenvalue weighted by atomic mass is 16.7. The molecule has 2 aliphatic rings. The van der Waals surface area contributed by atoms with Crippen LogP contribution >= 0.6 is 0 Å². The maximum absolute atomic E-state index is 12.2. The number of fused-ring (bicyclic) bond motifs is 2. The van der Waals surface area contributed by atoms with Crippen LogP contribution < -0.4 is 14.8 Å². The highest BCUT2D eigenvalue weighted by Gasteiger charge is 2.23. The second-order valence-corrected chi connectivity index (χ2v) is 4.67. The van der Waals surface area contributed by atoms with Crippen LogP contribution in [0.5, 0.6) is 11.5 Å². The summed E-state index contributed by atoms with van der Waals surface area (Å²) >= 11 is 0. The van der Waals surface area contributed by atoms with Gasteiger partial charge in [-0.25, -0.2) is 0 Å². The van der Waals surface area contributed by atoms with Gasteiger partial charge in [-0.15, -0.1) is 0 Å². The number of para-hydroxylation sites is 1. The summed E-state index contributed by atoms with van der Waals surface area (Å²) in [6, 6.07) is 13.1. The van der Waals surface area contributed by atoms with Crippen LogP contribution in [0.1, 0.15) is 15.9 Å². The Labute approximate surface area is 115 Å². The van der Waals surface area contributed by atoms with E-state index in [2.05, 4.69) is 5.32 Å². The summed E-state index contributed by atoms with van der Waals surface area (Å²) in [5, 5.41) is 3.14. The number of allylic oxidation sites excluding steroid dienone is 1. The van der Waals surface area contributed by atoms with E-state index in [0.29, 0.717) is 17.0 Å². The molecule has 0 aromatic heterocycles. The lowest BCUT2D eigenvalue weighted by Crippen LogP contribution is -1.99. The first-order valence-electron chi connectivity index (χ1n) is 6.33. The van der Waals surface area contributed by atoms with Gasteiger partial charge in [0.2, 0.25) is 12.6 Å². The number of nitrogens with one attached hydrogen (secondary N) is 1. The first-order chi connectivity index (χ1) is 9.81. The fourth-order valence-electron chi connectivity index (χ4n) is 2.41. The molecule has 4 nitrogen and oxygen atoms in total. The normalized spacial score (nSPS) is 17.2. The van der Waals surface area contributed by atoms with Crippen LogP contribution in [0, 0.1) is 0 Å². The largest absolute Gasteiger partial charge is 0.454 e. The topological polar surface area (TPSA) is 47.6 Å². The molecule has 20 heavy (non-hydrogen) atoms. The van der Waals surface area contributed by atoms with Gasteiger partial charge in [0.1, 0.15) is 0 Å². The fraction of sp³-hybridized carbons (Fsp3) is 0.0625. The first-order valence-corrected chi connectivity index (χ1v) is 6.33. The molecule has 1 N–H and O–H groups in total. The highest BCUT2D eigenvalue weighted by molar-refractivity contribution is 6.20. The van der Waals surface area contributed by atoms with Crippen molar-refractivity contribution in [1.82, 2.24) is 0 Å². The van der Waals surface area contributed by atoms with Crippen LogP contribution in [0.2, 0.25) is 0 Å². The second kappa shape index (κ2) is 4.13. The lowest BCUT2D eigenvalue weighted by Gasteiger charge is -2.00. The zero-order valence-electron chi connectivity index (χ0n) is 10.6. The minimum absolute atomic E-state index is 0.0123. The van der Waals surface area contributed by atoms with Gasteiger partial charge in [-0.2, -0.15) is 0 Å². The van der Waals surface area contributed by atoms with Crippen molar-refractivity contribution in [3.05, 3.63) is 59.3 Å². The van der Waals surface area contributed by atoms with Crippen molar-refractivity contribution >= 4 is 17.5 Å². The lowest BCUT2D eigenvalue weighted by atomic mass is 10.1. The molecule has 0 fully saturated rings. The van der Waals surface area contributed by atoms with E-state index in [-0.39, 0.29) is 12.6 Å². The van der Waals surface area contributed by atoms with Gasteiger partial charge < -0.3 is 14.8 Å². The average Bonchev–Trinajstić information content (AvgIpc) is 3.05. The molecule has 0 atom stereocenters. The van der Waals surface area contributed by atoms with E-state index >= 15 is 0 Å². The van der Waals surface area contributed by atoms with Gasteiger partial charge in [0.05, 0.1) is 5.70 Å². The highest BCUT2D eigenvalue weighted by Crippen LogP contribution is 2.34. The number of hydrogen-bond donors (Lipinski definition) is 1. The molecule has 2 aromatic carbocycles. The number of rotatable bonds is 1. The number of hydrogen-bond acceptors (Lipinski definition) is 4. The summed E-state index contributed by atoms with van der Waals surface area (Å²) in [6.07, 6.45) is 1.82. The number of ketones is 1. The smallest absolute Gasteiger partial charge is 0.231 e. The van der Waals surface area contributed by atoms with E-state index in [9.17, 15) is 4.79 Å². The zero-order valence-corrected chi connectivity index (χ0v) is 10.6. The number of benzene rings is 2. The van der Waals surface area contributed by atoms with Gasteiger partial charge in [0.25, 0.3) is 0 Å². The minimum Gasteiger partial charge on any atom is -0.454 e. The van der Waals surface area contributed by atoms with Gasteiger partial charge >= 0.3 is 0 Å². The zero-order chi connectivity index (χ0) is 13.5. The summed E-state index contributed by atoms with van der Waals surface area (Å²) in [6.45, 7) is 0.248. The summed E-state index contributed by atoms with van der Waals surface area (Å²) < 4.78 is 10.6. The third kappa shape index (κ3) is 1.66. The average molecular weight is 265 g/mol. The van der Waals surface area contributed by atoms with Crippen LogP contribution in [0.15, 0.2) is 48.2 Å². The van der Waals surface area contributed by atoms with Gasteiger partial charge in [-0.3, -0.25) is 4.79 Å². The van der Waals surface area contributed by atoms with E-state index in [1.807, 2.05) is 48.5 Å². The van der Waals surface area contributed by atoms with Gasteiger partial charge in [-0.05, 0) is 35.9 Å². The molecule has 98 valence electrons. The molecule has 0 saturated carbocycles. The van der Waals surface area contributed by atoms with Crippen molar-refractivity contribution in [3.63, 3.8) is 0 Å². The van der Waals surface area contributed by atoms with Crippen molar-refractivity contribution < 1.29 is 14.3 Å². The Kier molecular flexibility index (Phi) is 2.29. The number of carbonyl (C=O) groups excluding carboxylic acids is 1. The molecule has 4 heteroatoms. The molecule has 0 amide bonds. The van der Waals surface area contributed by atoms with Crippen molar-refractivity contribution in [1.29, 1.82) is 0 Å².